The molecule has 2 heterocycles. The van der Waals surface area contributed by atoms with Crippen LogP contribution in [0.2, 0.25) is 0 Å². The molecule has 0 saturated heterocycles. The molecule has 3 aromatic rings. The Morgan fingerprint density at radius 3 is 3.04 bits per heavy atom. The number of hydrogen-bond acceptors (Lipinski definition) is 6. The standard InChI is InChI=1S/C17H14N2O4S/c20-15(19-17-18-6-7-24-17)9-22-10-4-5-12-11-2-1-3-13(11)16(21)23-14(12)8-10/h4-8H,1-3,9H2,(H,18,19,20). The smallest absolute Gasteiger partial charge is 0.339 e. The van der Waals surface area contributed by atoms with Crippen molar-refractivity contribution >= 4 is 33.3 Å². The van der Waals surface area contributed by atoms with Crippen molar-refractivity contribution in [2.45, 2.75) is 19.3 Å². The van der Waals surface area contributed by atoms with Crippen molar-refractivity contribution in [2.75, 3.05) is 11.9 Å². The first kappa shape index (κ1) is 14.9. The number of benzene rings is 1. The van der Waals surface area contributed by atoms with Crippen molar-refractivity contribution in [3.05, 3.63) is 51.3 Å². The summed E-state index contributed by atoms with van der Waals surface area (Å²) in [6.45, 7) is -0.139. The third-order valence-corrected chi connectivity index (χ3v) is 4.68. The Kier molecular flexibility index (Phi) is 3.78. The second-order valence-corrected chi connectivity index (χ2v) is 6.43. The highest BCUT2D eigenvalue weighted by molar-refractivity contribution is 7.13. The number of aryl methyl sites for hydroxylation is 1. The van der Waals surface area contributed by atoms with Gasteiger partial charge < -0.3 is 9.15 Å². The van der Waals surface area contributed by atoms with Gasteiger partial charge >= 0.3 is 5.63 Å². The topological polar surface area (TPSA) is 81.4 Å². The van der Waals surface area contributed by atoms with E-state index in [9.17, 15) is 9.59 Å². The lowest BCUT2D eigenvalue weighted by Gasteiger charge is -2.08. The molecule has 0 atom stereocenters. The van der Waals surface area contributed by atoms with Crippen LogP contribution >= 0.6 is 11.3 Å². The second kappa shape index (κ2) is 6.09. The Bertz CT molecular complexity index is 963. The predicted molar refractivity (Wildman–Crippen MR) is 90.7 cm³/mol. The van der Waals surface area contributed by atoms with Crippen molar-refractivity contribution in [3.8, 4) is 5.75 Å². The maximum Gasteiger partial charge on any atom is 0.339 e. The van der Waals surface area contributed by atoms with E-state index in [2.05, 4.69) is 10.3 Å². The number of nitrogens with zero attached hydrogens (tertiary/aromatic N) is 1. The Labute approximate surface area is 141 Å². The minimum atomic E-state index is -0.291. The average molecular weight is 342 g/mol. The zero-order valence-corrected chi connectivity index (χ0v) is 13.5. The van der Waals surface area contributed by atoms with E-state index in [4.69, 9.17) is 9.15 Å². The maximum atomic E-state index is 12.0. The van der Waals surface area contributed by atoms with Crippen LogP contribution in [0.5, 0.6) is 5.75 Å². The van der Waals surface area contributed by atoms with Gasteiger partial charge in [-0.1, -0.05) is 0 Å². The molecule has 2 aromatic heterocycles. The van der Waals surface area contributed by atoms with E-state index in [1.54, 1.807) is 23.7 Å². The van der Waals surface area contributed by atoms with Crippen molar-refractivity contribution in [1.82, 2.24) is 4.98 Å². The molecular weight excluding hydrogens is 328 g/mol. The second-order valence-electron chi connectivity index (χ2n) is 5.53. The van der Waals surface area contributed by atoms with Crippen molar-refractivity contribution in [2.24, 2.45) is 0 Å². The molecule has 0 unspecified atom stereocenters. The molecule has 0 spiro atoms. The minimum Gasteiger partial charge on any atom is -0.484 e. The molecule has 1 aliphatic rings. The van der Waals surface area contributed by atoms with Gasteiger partial charge in [0.25, 0.3) is 5.91 Å². The number of carbonyl (C=O) groups is 1. The Morgan fingerprint density at radius 2 is 2.21 bits per heavy atom. The first-order valence-electron chi connectivity index (χ1n) is 7.61. The highest BCUT2D eigenvalue weighted by Gasteiger charge is 2.19. The third-order valence-electron chi connectivity index (χ3n) is 3.99. The fourth-order valence-electron chi connectivity index (χ4n) is 2.94. The van der Waals surface area contributed by atoms with Gasteiger partial charge in [-0.25, -0.2) is 9.78 Å². The first-order valence-corrected chi connectivity index (χ1v) is 8.49. The number of carbonyl (C=O) groups excluding carboxylic acids is 1. The summed E-state index contributed by atoms with van der Waals surface area (Å²) in [5.74, 6) is 0.193. The summed E-state index contributed by atoms with van der Waals surface area (Å²) in [7, 11) is 0. The van der Waals surface area contributed by atoms with E-state index in [0.717, 1.165) is 35.8 Å². The normalized spacial score (nSPS) is 13.0. The third kappa shape index (κ3) is 2.78. The number of thiazole rings is 1. The van der Waals surface area contributed by atoms with Gasteiger partial charge in [-0.05, 0) is 37.0 Å². The van der Waals surface area contributed by atoms with Gasteiger partial charge in [-0.2, -0.15) is 0 Å². The van der Waals surface area contributed by atoms with Crippen molar-refractivity contribution in [1.29, 1.82) is 0 Å². The van der Waals surface area contributed by atoms with E-state index >= 15 is 0 Å². The lowest BCUT2D eigenvalue weighted by atomic mass is 10.1. The molecule has 122 valence electrons. The van der Waals surface area contributed by atoms with Crippen molar-refractivity contribution in [3.63, 3.8) is 0 Å². The summed E-state index contributed by atoms with van der Waals surface area (Å²) in [4.78, 5) is 27.8. The molecular formula is C17H14N2O4S. The van der Waals surface area contributed by atoms with Gasteiger partial charge in [0.05, 0.1) is 0 Å². The molecule has 6 nitrogen and oxygen atoms in total. The summed E-state index contributed by atoms with van der Waals surface area (Å²) < 4.78 is 10.9. The van der Waals surface area contributed by atoms with Crippen molar-refractivity contribution < 1.29 is 13.9 Å². The highest BCUT2D eigenvalue weighted by atomic mass is 32.1. The number of rotatable bonds is 4. The number of hydrogen-bond donors (Lipinski definition) is 1. The van der Waals surface area contributed by atoms with E-state index in [1.807, 2.05) is 6.07 Å². The predicted octanol–water partition coefficient (Wildman–Crippen LogP) is 2.76. The lowest BCUT2D eigenvalue weighted by molar-refractivity contribution is -0.118. The number of fused-ring (bicyclic) bond motifs is 3. The molecule has 7 heteroatoms. The van der Waals surface area contributed by atoms with Crippen LogP contribution in [0, 0.1) is 0 Å². The highest BCUT2D eigenvalue weighted by Crippen LogP contribution is 2.29. The molecule has 0 aliphatic heterocycles. The number of ether oxygens (including phenoxy) is 1. The summed E-state index contributed by atoms with van der Waals surface area (Å²) in [5, 5.41) is 5.90. The van der Waals surface area contributed by atoms with Gasteiger partial charge in [-0.15, -0.1) is 11.3 Å². The van der Waals surface area contributed by atoms with Gasteiger partial charge in [0, 0.05) is 28.6 Å². The molecule has 4 rings (SSSR count). The fraction of sp³-hybridized carbons (Fsp3) is 0.235. The largest absolute Gasteiger partial charge is 0.484 e. The zero-order valence-electron chi connectivity index (χ0n) is 12.7. The number of amides is 1. The SMILES string of the molecule is O=C(COc1ccc2c3c(c(=O)oc2c1)CCC3)Nc1nccs1. The summed E-state index contributed by atoms with van der Waals surface area (Å²) in [5.41, 5.74) is 2.10. The molecule has 0 fully saturated rings. The monoisotopic (exact) mass is 342 g/mol. The molecule has 0 saturated carbocycles. The first-order chi connectivity index (χ1) is 11.7. The van der Waals surface area contributed by atoms with Crippen LogP contribution in [-0.2, 0) is 17.6 Å². The summed E-state index contributed by atoms with van der Waals surface area (Å²) in [6, 6.07) is 5.33. The van der Waals surface area contributed by atoms with E-state index in [0.29, 0.717) is 16.5 Å². The molecule has 0 bridgehead atoms. The van der Waals surface area contributed by atoms with E-state index < -0.39 is 0 Å². The molecule has 1 aliphatic carbocycles. The lowest BCUT2D eigenvalue weighted by Crippen LogP contribution is -2.20. The van der Waals surface area contributed by atoms with Crippen LogP contribution in [0.3, 0.4) is 0 Å². The fourth-order valence-corrected chi connectivity index (χ4v) is 3.49. The van der Waals surface area contributed by atoms with Gasteiger partial charge in [0.15, 0.2) is 11.7 Å². The Balaban J connectivity index is 1.52. The van der Waals surface area contributed by atoms with Crippen LogP contribution in [0.1, 0.15) is 17.5 Å². The van der Waals surface area contributed by atoms with Crippen LogP contribution in [0.15, 0.2) is 39.0 Å². The van der Waals surface area contributed by atoms with E-state index in [-0.39, 0.29) is 18.1 Å². The average Bonchev–Trinajstić information content (AvgIpc) is 3.24. The van der Waals surface area contributed by atoms with Gasteiger partial charge in [0.1, 0.15) is 11.3 Å². The maximum absolute atomic E-state index is 12.0. The van der Waals surface area contributed by atoms with Gasteiger partial charge in [-0.3, -0.25) is 10.1 Å². The zero-order chi connectivity index (χ0) is 16.5. The molecule has 1 amide bonds. The summed E-state index contributed by atoms with van der Waals surface area (Å²) >= 11 is 1.34. The number of aromatic nitrogens is 1. The Morgan fingerprint density at radius 1 is 1.33 bits per heavy atom. The number of anilines is 1. The van der Waals surface area contributed by atoms with Crippen LogP contribution < -0.4 is 15.7 Å². The molecule has 24 heavy (non-hydrogen) atoms. The Hall–Kier alpha value is -2.67. The van der Waals surface area contributed by atoms with Gasteiger partial charge in [0.2, 0.25) is 0 Å². The molecule has 1 aromatic carbocycles. The number of nitrogens with one attached hydrogen (secondary N) is 1. The quantitative estimate of drug-likeness (QED) is 0.737. The van der Waals surface area contributed by atoms with Crippen LogP contribution in [0.4, 0.5) is 5.13 Å². The van der Waals surface area contributed by atoms with E-state index in [1.165, 1.54) is 11.3 Å². The summed E-state index contributed by atoms with van der Waals surface area (Å²) in [6.07, 6.45) is 4.27. The minimum absolute atomic E-state index is 0.139. The molecule has 0 radical (unpaired) electrons. The molecule has 1 N–H and O–H groups in total. The van der Waals surface area contributed by atoms with Crippen LogP contribution in [0.25, 0.3) is 11.0 Å². The van der Waals surface area contributed by atoms with Crippen LogP contribution in [-0.4, -0.2) is 17.5 Å².